The van der Waals surface area contributed by atoms with Crippen molar-refractivity contribution >= 4 is 34.5 Å². The summed E-state index contributed by atoms with van der Waals surface area (Å²) < 4.78 is 0. The maximum atomic E-state index is 11.8. The van der Waals surface area contributed by atoms with Crippen molar-refractivity contribution < 1.29 is 9.59 Å². The Labute approximate surface area is 119 Å². The number of hydrogen-bond donors (Lipinski definition) is 2. The molecule has 0 aromatic carbocycles. The highest BCUT2D eigenvalue weighted by molar-refractivity contribution is 7.12. The lowest BCUT2D eigenvalue weighted by molar-refractivity contribution is 0.0916. The van der Waals surface area contributed by atoms with Gasteiger partial charge in [-0.25, -0.2) is 0 Å². The molecule has 0 bridgehead atoms. The molecule has 100 valence electrons. The highest BCUT2D eigenvalue weighted by Gasteiger charge is 2.12. The van der Waals surface area contributed by atoms with Crippen LogP contribution in [0.4, 0.5) is 0 Å². The summed E-state index contributed by atoms with van der Waals surface area (Å²) >= 11 is 2.79. The second-order valence-electron chi connectivity index (χ2n) is 4.04. The molecule has 2 amide bonds. The van der Waals surface area contributed by atoms with Gasteiger partial charge in [-0.05, 0) is 29.8 Å². The Morgan fingerprint density at radius 3 is 2.21 bits per heavy atom. The van der Waals surface area contributed by atoms with Crippen molar-refractivity contribution in [2.24, 2.45) is 0 Å². The number of rotatable bonds is 5. The average molecular weight is 294 g/mol. The Morgan fingerprint density at radius 2 is 1.68 bits per heavy atom. The standard InChI is InChI=1S/C13H14N2O2S2/c1-9(15-13(17)11-5-3-7-19-11)8-14-12(16)10-4-2-6-18-10/h2-7,9H,8H2,1H3,(H,14,16)(H,15,17)/t9-/m0/s1. The molecule has 19 heavy (non-hydrogen) atoms. The third-order valence-corrected chi connectivity index (χ3v) is 4.17. The summed E-state index contributed by atoms with van der Waals surface area (Å²) in [7, 11) is 0. The summed E-state index contributed by atoms with van der Waals surface area (Å²) in [6.07, 6.45) is 0. The molecule has 0 radical (unpaired) electrons. The van der Waals surface area contributed by atoms with E-state index < -0.39 is 0 Å². The van der Waals surface area contributed by atoms with Crippen molar-refractivity contribution in [1.82, 2.24) is 10.6 Å². The molecule has 2 aromatic heterocycles. The fourth-order valence-corrected chi connectivity index (χ4v) is 2.76. The van der Waals surface area contributed by atoms with Crippen LogP contribution < -0.4 is 10.6 Å². The summed E-state index contributed by atoms with van der Waals surface area (Å²) in [6.45, 7) is 2.27. The Hall–Kier alpha value is -1.66. The van der Waals surface area contributed by atoms with Gasteiger partial charge in [0.2, 0.25) is 0 Å². The van der Waals surface area contributed by atoms with Gasteiger partial charge in [-0.15, -0.1) is 22.7 Å². The Kier molecular flexibility index (Phi) is 4.70. The SMILES string of the molecule is C[C@@H](CNC(=O)c1cccs1)NC(=O)c1cccs1. The van der Waals surface area contributed by atoms with Gasteiger partial charge >= 0.3 is 0 Å². The van der Waals surface area contributed by atoms with Gasteiger partial charge in [0.1, 0.15) is 0 Å². The molecule has 0 fully saturated rings. The summed E-state index contributed by atoms with van der Waals surface area (Å²) in [5.74, 6) is -0.208. The summed E-state index contributed by atoms with van der Waals surface area (Å²) in [5.41, 5.74) is 0. The zero-order valence-electron chi connectivity index (χ0n) is 10.4. The van der Waals surface area contributed by atoms with Gasteiger partial charge in [0.25, 0.3) is 11.8 Å². The molecule has 2 rings (SSSR count). The minimum absolute atomic E-state index is 0.104. The maximum Gasteiger partial charge on any atom is 0.261 e. The first-order valence-electron chi connectivity index (χ1n) is 5.83. The molecule has 2 N–H and O–H groups in total. The van der Waals surface area contributed by atoms with Crippen molar-refractivity contribution in [3.05, 3.63) is 44.8 Å². The number of thiophene rings is 2. The first-order valence-corrected chi connectivity index (χ1v) is 7.59. The quantitative estimate of drug-likeness (QED) is 0.889. The Morgan fingerprint density at radius 1 is 1.11 bits per heavy atom. The second-order valence-corrected chi connectivity index (χ2v) is 5.93. The van der Waals surface area contributed by atoms with Crippen LogP contribution in [0.25, 0.3) is 0 Å². The van der Waals surface area contributed by atoms with E-state index in [0.29, 0.717) is 16.3 Å². The van der Waals surface area contributed by atoms with E-state index in [1.54, 1.807) is 12.1 Å². The van der Waals surface area contributed by atoms with E-state index in [1.165, 1.54) is 22.7 Å². The Bertz CT molecular complexity index is 535. The van der Waals surface area contributed by atoms with E-state index in [9.17, 15) is 9.59 Å². The predicted octanol–water partition coefficient (Wildman–Crippen LogP) is 2.36. The van der Waals surface area contributed by atoms with Crippen LogP contribution in [0.3, 0.4) is 0 Å². The molecule has 2 aromatic rings. The molecular formula is C13H14N2O2S2. The first kappa shape index (κ1) is 13.8. The summed E-state index contributed by atoms with van der Waals surface area (Å²) in [5, 5.41) is 9.36. The highest BCUT2D eigenvalue weighted by atomic mass is 32.1. The van der Waals surface area contributed by atoms with Crippen LogP contribution in [0, 0.1) is 0 Å². The minimum Gasteiger partial charge on any atom is -0.349 e. The van der Waals surface area contributed by atoms with Crippen molar-refractivity contribution in [2.45, 2.75) is 13.0 Å². The smallest absolute Gasteiger partial charge is 0.261 e. The second kappa shape index (κ2) is 6.49. The molecule has 0 saturated carbocycles. The lowest BCUT2D eigenvalue weighted by Gasteiger charge is -2.13. The van der Waals surface area contributed by atoms with Gasteiger partial charge in [0, 0.05) is 12.6 Å². The molecule has 2 heterocycles. The lowest BCUT2D eigenvalue weighted by atomic mass is 10.3. The van der Waals surface area contributed by atoms with E-state index in [4.69, 9.17) is 0 Å². The number of carbonyl (C=O) groups excluding carboxylic acids is 2. The van der Waals surface area contributed by atoms with Crippen LogP contribution in [-0.4, -0.2) is 24.4 Å². The normalized spacial score (nSPS) is 11.8. The molecule has 0 spiro atoms. The number of nitrogens with one attached hydrogen (secondary N) is 2. The summed E-state index contributed by atoms with van der Waals surface area (Å²) in [4.78, 5) is 24.8. The summed E-state index contributed by atoms with van der Waals surface area (Å²) in [6, 6.07) is 7.11. The highest BCUT2D eigenvalue weighted by Crippen LogP contribution is 2.09. The van der Waals surface area contributed by atoms with E-state index in [0.717, 1.165) is 0 Å². The van der Waals surface area contributed by atoms with Crippen LogP contribution in [0.5, 0.6) is 0 Å². The predicted molar refractivity (Wildman–Crippen MR) is 77.9 cm³/mol. The van der Waals surface area contributed by atoms with Crippen molar-refractivity contribution in [2.75, 3.05) is 6.54 Å². The lowest BCUT2D eigenvalue weighted by Crippen LogP contribution is -2.41. The first-order chi connectivity index (χ1) is 9.16. The largest absolute Gasteiger partial charge is 0.349 e. The molecule has 0 aliphatic carbocycles. The van der Waals surface area contributed by atoms with Gasteiger partial charge in [0.05, 0.1) is 9.75 Å². The monoisotopic (exact) mass is 294 g/mol. The molecule has 0 aliphatic heterocycles. The van der Waals surface area contributed by atoms with Crippen LogP contribution in [0.15, 0.2) is 35.0 Å². The van der Waals surface area contributed by atoms with E-state index in [2.05, 4.69) is 10.6 Å². The van der Waals surface area contributed by atoms with Crippen molar-refractivity contribution in [1.29, 1.82) is 0 Å². The van der Waals surface area contributed by atoms with Gasteiger partial charge in [-0.3, -0.25) is 9.59 Å². The van der Waals surface area contributed by atoms with Gasteiger partial charge in [-0.2, -0.15) is 0 Å². The molecular weight excluding hydrogens is 280 g/mol. The molecule has 6 heteroatoms. The van der Waals surface area contributed by atoms with Crippen molar-refractivity contribution in [3.8, 4) is 0 Å². The third-order valence-electron chi connectivity index (χ3n) is 2.44. The van der Waals surface area contributed by atoms with Crippen LogP contribution in [-0.2, 0) is 0 Å². The zero-order valence-corrected chi connectivity index (χ0v) is 12.0. The average Bonchev–Trinajstić information content (AvgIpc) is 3.07. The number of amides is 2. The fourth-order valence-electron chi connectivity index (χ4n) is 1.49. The van der Waals surface area contributed by atoms with E-state index in [-0.39, 0.29) is 17.9 Å². The zero-order chi connectivity index (χ0) is 13.7. The maximum absolute atomic E-state index is 11.8. The van der Waals surface area contributed by atoms with Crippen molar-refractivity contribution in [3.63, 3.8) is 0 Å². The molecule has 0 saturated heterocycles. The van der Waals surface area contributed by atoms with E-state index >= 15 is 0 Å². The van der Waals surface area contributed by atoms with Crippen LogP contribution in [0.1, 0.15) is 26.3 Å². The molecule has 0 unspecified atom stereocenters. The molecule has 4 nitrogen and oxygen atoms in total. The number of hydrogen-bond acceptors (Lipinski definition) is 4. The minimum atomic E-state index is -0.112. The van der Waals surface area contributed by atoms with Crippen LogP contribution in [0.2, 0.25) is 0 Å². The molecule has 0 aliphatic rings. The van der Waals surface area contributed by atoms with Gasteiger partial charge < -0.3 is 10.6 Å². The Balaban J connectivity index is 1.77. The van der Waals surface area contributed by atoms with E-state index in [1.807, 2.05) is 29.8 Å². The topological polar surface area (TPSA) is 58.2 Å². The van der Waals surface area contributed by atoms with Crippen LogP contribution >= 0.6 is 22.7 Å². The van der Waals surface area contributed by atoms with Gasteiger partial charge in [0.15, 0.2) is 0 Å². The number of carbonyl (C=O) groups is 2. The van der Waals surface area contributed by atoms with Gasteiger partial charge in [-0.1, -0.05) is 12.1 Å². The molecule has 1 atom stereocenters. The fraction of sp³-hybridized carbons (Fsp3) is 0.231. The third kappa shape index (κ3) is 3.90.